The van der Waals surface area contributed by atoms with E-state index in [0.717, 1.165) is 16.0 Å². The number of aromatic nitrogens is 1. The molecule has 1 amide bonds. The molecule has 1 aliphatic heterocycles. The summed E-state index contributed by atoms with van der Waals surface area (Å²) in [6.07, 6.45) is -3.35. The second kappa shape index (κ2) is 5.83. The minimum atomic E-state index is -4.40. The number of pyridine rings is 1. The van der Waals surface area contributed by atoms with Crippen LogP contribution in [0.25, 0.3) is 10.9 Å². The van der Waals surface area contributed by atoms with Crippen LogP contribution < -0.4 is 0 Å². The zero-order valence-electron chi connectivity index (χ0n) is 12.7. The Labute approximate surface area is 132 Å². The molecule has 0 spiro atoms. The topological polar surface area (TPSA) is 33.2 Å². The first-order valence-corrected chi connectivity index (χ1v) is 7.62. The van der Waals surface area contributed by atoms with Gasteiger partial charge in [-0.25, -0.2) is 0 Å². The second-order valence-corrected chi connectivity index (χ2v) is 5.88. The summed E-state index contributed by atoms with van der Waals surface area (Å²) in [6, 6.07) is 6.97. The van der Waals surface area contributed by atoms with Crippen molar-refractivity contribution in [2.45, 2.75) is 38.4 Å². The number of fused-ring (bicyclic) bond motifs is 1. The van der Waals surface area contributed by atoms with Gasteiger partial charge < -0.3 is 4.90 Å². The number of aryl methyl sites for hydroxylation is 1. The number of likely N-dealkylation sites (tertiary alicyclic amines) is 1. The average molecular weight is 322 g/mol. The molecule has 0 aliphatic carbocycles. The molecule has 0 saturated carbocycles. The van der Waals surface area contributed by atoms with E-state index in [4.69, 9.17) is 0 Å². The lowest BCUT2D eigenvalue weighted by Crippen LogP contribution is -2.51. The third kappa shape index (κ3) is 3.02. The molecular formula is C17H17F3N2O. The quantitative estimate of drug-likeness (QED) is 0.792. The molecular weight excluding hydrogens is 305 g/mol. The fourth-order valence-corrected chi connectivity index (χ4v) is 3.09. The first-order valence-electron chi connectivity index (χ1n) is 7.62. The Morgan fingerprint density at radius 2 is 2.00 bits per heavy atom. The molecule has 1 aromatic carbocycles. The molecule has 1 aromatic heterocycles. The second-order valence-electron chi connectivity index (χ2n) is 5.88. The van der Waals surface area contributed by atoms with Gasteiger partial charge in [0.1, 0.15) is 6.04 Å². The molecule has 122 valence electrons. The number of nitrogens with zero attached hydrogens (tertiary/aromatic N) is 2. The summed E-state index contributed by atoms with van der Waals surface area (Å²) in [5, 5.41) is 0.752. The van der Waals surface area contributed by atoms with Crippen molar-refractivity contribution in [2.75, 3.05) is 6.54 Å². The van der Waals surface area contributed by atoms with E-state index in [1.165, 1.54) is 0 Å². The molecule has 2 heterocycles. The molecule has 0 N–H and O–H groups in total. The fourth-order valence-electron chi connectivity index (χ4n) is 3.09. The lowest BCUT2D eigenvalue weighted by molar-refractivity contribution is -0.183. The number of halogens is 3. The van der Waals surface area contributed by atoms with Crippen LogP contribution >= 0.6 is 0 Å². The molecule has 1 atom stereocenters. The van der Waals surface area contributed by atoms with E-state index in [-0.39, 0.29) is 18.5 Å². The Hall–Kier alpha value is -2.11. The number of rotatable bonds is 1. The molecule has 3 nitrogen and oxygen atoms in total. The van der Waals surface area contributed by atoms with Gasteiger partial charge in [-0.05, 0) is 38.3 Å². The highest BCUT2D eigenvalue weighted by molar-refractivity contribution is 6.05. The number of piperidine rings is 1. The zero-order valence-corrected chi connectivity index (χ0v) is 12.7. The van der Waals surface area contributed by atoms with E-state index in [1.807, 2.05) is 12.1 Å². The number of hydrogen-bond donors (Lipinski definition) is 0. The number of carbonyl (C=O) groups excluding carboxylic acids is 1. The molecule has 23 heavy (non-hydrogen) atoms. The highest BCUT2D eigenvalue weighted by atomic mass is 19.4. The van der Waals surface area contributed by atoms with E-state index < -0.39 is 18.1 Å². The van der Waals surface area contributed by atoms with Crippen LogP contribution in [0.3, 0.4) is 0 Å². The Bertz CT molecular complexity index is 742. The van der Waals surface area contributed by atoms with E-state index in [0.29, 0.717) is 18.4 Å². The van der Waals surface area contributed by atoms with Crippen LogP contribution in [-0.4, -0.2) is 34.6 Å². The highest BCUT2D eigenvalue weighted by Gasteiger charge is 2.46. The summed E-state index contributed by atoms with van der Waals surface area (Å²) in [6.45, 7) is 1.92. The number of carbonyl (C=O) groups is 1. The van der Waals surface area contributed by atoms with Crippen LogP contribution in [0.15, 0.2) is 30.3 Å². The lowest BCUT2D eigenvalue weighted by Gasteiger charge is -2.36. The third-order valence-electron chi connectivity index (χ3n) is 4.23. The van der Waals surface area contributed by atoms with Gasteiger partial charge in [0.15, 0.2) is 0 Å². The Morgan fingerprint density at radius 1 is 1.22 bits per heavy atom. The summed E-state index contributed by atoms with van der Waals surface area (Å²) in [5.41, 5.74) is 1.43. The van der Waals surface area contributed by atoms with Crippen molar-refractivity contribution < 1.29 is 18.0 Å². The third-order valence-corrected chi connectivity index (χ3v) is 4.23. The normalized spacial score (nSPS) is 19.1. The molecule has 1 unspecified atom stereocenters. The van der Waals surface area contributed by atoms with Gasteiger partial charge in [-0.2, -0.15) is 13.2 Å². The SMILES string of the molecule is Cc1ccc2cccc(C(=O)N3CCCCC3C(F)(F)F)c2n1. The van der Waals surface area contributed by atoms with Crippen molar-refractivity contribution in [3.63, 3.8) is 0 Å². The minimum absolute atomic E-state index is 0.0353. The minimum Gasteiger partial charge on any atom is -0.326 e. The van der Waals surface area contributed by atoms with Gasteiger partial charge in [0, 0.05) is 17.6 Å². The van der Waals surface area contributed by atoms with Gasteiger partial charge in [0.2, 0.25) is 0 Å². The van der Waals surface area contributed by atoms with Crippen molar-refractivity contribution in [1.29, 1.82) is 0 Å². The summed E-state index contributed by atoms with van der Waals surface area (Å²) in [4.78, 5) is 18.1. The van der Waals surface area contributed by atoms with Crippen molar-refractivity contribution in [3.05, 3.63) is 41.6 Å². The standard InChI is InChI=1S/C17H17F3N2O/c1-11-8-9-12-5-4-6-13(15(12)21-11)16(23)22-10-3-2-7-14(22)17(18,19)20/h4-6,8-9,14H,2-3,7,10H2,1H3. The van der Waals surface area contributed by atoms with Crippen molar-refractivity contribution in [3.8, 4) is 0 Å². The van der Waals surface area contributed by atoms with Gasteiger partial charge in [-0.3, -0.25) is 9.78 Å². The predicted octanol–water partition coefficient (Wildman–Crippen LogP) is 4.10. The summed E-state index contributed by atoms with van der Waals surface area (Å²) in [5.74, 6) is -0.587. The molecule has 1 saturated heterocycles. The van der Waals surface area contributed by atoms with E-state index in [9.17, 15) is 18.0 Å². The Kier molecular flexibility index (Phi) is 4.00. The first-order chi connectivity index (χ1) is 10.9. The van der Waals surface area contributed by atoms with Crippen LogP contribution in [0, 0.1) is 6.92 Å². The van der Waals surface area contributed by atoms with Crippen molar-refractivity contribution in [2.24, 2.45) is 0 Å². The number of hydrogen-bond acceptors (Lipinski definition) is 2. The van der Waals surface area contributed by atoms with Crippen molar-refractivity contribution >= 4 is 16.8 Å². The van der Waals surface area contributed by atoms with E-state index in [2.05, 4.69) is 4.98 Å². The van der Waals surface area contributed by atoms with E-state index >= 15 is 0 Å². The van der Waals surface area contributed by atoms with Crippen LogP contribution in [0.2, 0.25) is 0 Å². The molecule has 6 heteroatoms. The number of alkyl halides is 3. The first kappa shape index (κ1) is 15.8. The van der Waals surface area contributed by atoms with Crippen LogP contribution in [-0.2, 0) is 0 Å². The largest absolute Gasteiger partial charge is 0.408 e. The summed E-state index contributed by atoms with van der Waals surface area (Å²) < 4.78 is 39.7. The van der Waals surface area contributed by atoms with Crippen LogP contribution in [0.4, 0.5) is 13.2 Å². The van der Waals surface area contributed by atoms with Gasteiger partial charge in [-0.1, -0.05) is 18.2 Å². The predicted molar refractivity (Wildman–Crippen MR) is 81.2 cm³/mol. The molecule has 2 aromatic rings. The molecule has 1 fully saturated rings. The molecule has 0 radical (unpaired) electrons. The monoisotopic (exact) mass is 322 g/mol. The zero-order chi connectivity index (χ0) is 16.6. The number of para-hydroxylation sites is 1. The maximum atomic E-state index is 13.2. The molecule has 3 rings (SSSR count). The van der Waals surface area contributed by atoms with Crippen LogP contribution in [0.5, 0.6) is 0 Å². The summed E-state index contributed by atoms with van der Waals surface area (Å²) in [7, 11) is 0. The van der Waals surface area contributed by atoms with Crippen molar-refractivity contribution in [1.82, 2.24) is 9.88 Å². The van der Waals surface area contributed by atoms with Gasteiger partial charge >= 0.3 is 6.18 Å². The Morgan fingerprint density at radius 3 is 2.74 bits per heavy atom. The smallest absolute Gasteiger partial charge is 0.326 e. The number of amides is 1. The van der Waals surface area contributed by atoms with Gasteiger partial charge in [-0.15, -0.1) is 0 Å². The maximum Gasteiger partial charge on any atom is 0.408 e. The number of benzene rings is 1. The maximum absolute atomic E-state index is 13.2. The van der Waals surface area contributed by atoms with Crippen LogP contribution in [0.1, 0.15) is 35.3 Å². The van der Waals surface area contributed by atoms with E-state index in [1.54, 1.807) is 25.1 Å². The lowest BCUT2D eigenvalue weighted by atomic mass is 9.99. The highest BCUT2D eigenvalue weighted by Crippen LogP contribution is 2.33. The summed E-state index contributed by atoms with van der Waals surface area (Å²) >= 11 is 0. The molecule has 0 bridgehead atoms. The van der Waals surface area contributed by atoms with Gasteiger partial charge in [0.05, 0.1) is 11.1 Å². The Balaban J connectivity index is 2.04. The molecule has 1 aliphatic rings. The van der Waals surface area contributed by atoms with Gasteiger partial charge in [0.25, 0.3) is 5.91 Å². The fraction of sp³-hybridized carbons (Fsp3) is 0.412. The average Bonchev–Trinajstić information content (AvgIpc) is 2.53.